The Kier molecular flexibility index (Phi) is 5.96. The maximum absolute atomic E-state index is 14.8. The lowest BCUT2D eigenvalue weighted by atomic mass is 10.1. The molecule has 0 aliphatic carbocycles. The summed E-state index contributed by atoms with van der Waals surface area (Å²) in [5.41, 5.74) is 1.69. The predicted octanol–water partition coefficient (Wildman–Crippen LogP) is 4.18. The van der Waals surface area contributed by atoms with E-state index in [-0.39, 0.29) is 40.3 Å². The normalized spacial score (nSPS) is 13.8. The molecule has 0 saturated carbocycles. The highest BCUT2D eigenvalue weighted by molar-refractivity contribution is 6.32. The molecule has 6 nitrogen and oxygen atoms in total. The molecule has 0 fully saturated rings. The number of fused-ring (bicyclic) bond motifs is 1. The molecule has 0 N–H and O–H groups in total. The van der Waals surface area contributed by atoms with Crippen LogP contribution in [0.4, 0.5) is 14.5 Å². The van der Waals surface area contributed by atoms with Crippen molar-refractivity contribution in [3.05, 3.63) is 74.8 Å². The van der Waals surface area contributed by atoms with Crippen LogP contribution >= 0.6 is 23.2 Å². The van der Waals surface area contributed by atoms with E-state index in [0.717, 1.165) is 5.56 Å². The minimum absolute atomic E-state index is 0.0235. The molecule has 3 aromatic rings. The molecular weight excluding hydrogens is 447 g/mol. The number of aromatic nitrogens is 3. The molecule has 1 amide bonds. The van der Waals surface area contributed by atoms with Gasteiger partial charge < -0.3 is 9.80 Å². The summed E-state index contributed by atoms with van der Waals surface area (Å²) >= 11 is 12.5. The van der Waals surface area contributed by atoms with Crippen molar-refractivity contribution in [1.29, 1.82) is 0 Å². The van der Waals surface area contributed by atoms with Gasteiger partial charge in [-0.05, 0) is 50.3 Å². The molecule has 0 radical (unpaired) electrons. The van der Waals surface area contributed by atoms with Gasteiger partial charge in [-0.25, -0.2) is 13.5 Å². The van der Waals surface area contributed by atoms with Crippen LogP contribution in [0.15, 0.2) is 30.5 Å². The van der Waals surface area contributed by atoms with Gasteiger partial charge in [0.25, 0.3) is 5.91 Å². The maximum Gasteiger partial charge on any atom is 0.279 e. The van der Waals surface area contributed by atoms with Gasteiger partial charge in [-0.2, -0.15) is 5.10 Å². The Labute approximate surface area is 188 Å². The van der Waals surface area contributed by atoms with Gasteiger partial charge in [0, 0.05) is 24.8 Å². The Morgan fingerprint density at radius 3 is 2.71 bits per heavy atom. The topological polar surface area (TPSA) is 54.3 Å². The summed E-state index contributed by atoms with van der Waals surface area (Å²) in [5.74, 6) is -1.64. The van der Waals surface area contributed by atoms with Crippen LogP contribution in [0.2, 0.25) is 10.2 Å². The first kappa shape index (κ1) is 21.7. The number of carbonyl (C=O) groups is 1. The molecule has 0 spiro atoms. The number of hydrogen-bond acceptors (Lipinski definition) is 4. The fourth-order valence-corrected chi connectivity index (χ4v) is 4.14. The molecule has 4 rings (SSSR count). The zero-order chi connectivity index (χ0) is 22.3. The molecule has 1 aliphatic heterocycles. The standard InChI is InChI=1S/C21H19Cl2F2N5O/c1-28(2)10-12-8-14(22)18(25)17(9-12)29-7-5-13-19(21(29)31)27-30(20(13)23)11-16-15(24)4-3-6-26-16/h3-4,6,8-9H,5,7,10-11H2,1-2H3. The van der Waals surface area contributed by atoms with Crippen LogP contribution in [0.1, 0.15) is 27.3 Å². The second-order valence-corrected chi connectivity index (χ2v) is 8.33. The van der Waals surface area contributed by atoms with Crippen molar-refractivity contribution < 1.29 is 13.6 Å². The van der Waals surface area contributed by atoms with Gasteiger partial charge in [-0.15, -0.1) is 0 Å². The predicted molar refractivity (Wildman–Crippen MR) is 115 cm³/mol. The molecule has 31 heavy (non-hydrogen) atoms. The van der Waals surface area contributed by atoms with Crippen LogP contribution in [0.3, 0.4) is 0 Å². The lowest BCUT2D eigenvalue weighted by molar-refractivity contribution is 0.0974. The number of halogens is 4. The first-order chi connectivity index (χ1) is 14.8. The average Bonchev–Trinajstić information content (AvgIpc) is 3.03. The van der Waals surface area contributed by atoms with E-state index in [9.17, 15) is 13.6 Å². The van der Waals surface area contributed by atoms with Crippen molar-refractivity contribution in [2.24, 2.45) is 0 Å². The number of carbonyl (C=O) groups excluding carboxylic acids is 1. The molecule has 0 bridgehead atoms. The van der Waals surface area contributed by atoms with Crippen LogP contribution < -0.4 is 4.90 Å². The number of anilines is 1. The summed E-state index contributed by atoms with van der Waals surface area (Å²) in [7, 11) is 3.77. The van der Waals surface area contributed by atoms with E-state index in [1.807, 2.05) is 19.0 Å². The number of pyridine rings is 1. The SMILES string of the molecule is CN(C)Cc1cc(Cl)c(F)c(N2CCc3c(nn(Cc4ncccc4F)c3Cl)C2=O)c1. The van der Waals surface area contributed by atoms with Gasteiger partial charge in [0.15, 0.2) is 11.5 Å². The maximum atomic E-state index is 14.8. The van der Waals surface area contributed by atoms with Gasteiger partial charge in [0.05, 0.1) is 22.9 Å². The Morgan fingerprint density at radius 1 is 1.23 bits per heavy atom. The highest BCUT2D eigenvalue weighted by Gasteiger charge is 2.33. The fraction of sp³-hybridized carbons (Fsp3) is 0.286. The summed E-state index contributed by atoms with van der Waals surface area (Å²) < 4.78 is 30.1. The van der Waals surface area contributed by atoms with E-state index in [1.54, 1.807) is 12.1 Å². The molecule has 10 heteroatoms. The Bertz CT molecular complexity index is 1160. The van der Waals surface area contributed by atoms with E-state index in [1.165, 1.54) is 27.9 Å². The number of benzene rings is 1. The second-order valence-electron chi connectivity index (χ2n) is 7.56. The molecule has 3 heterocycles. The molecule has 0 atom stereocenters. The van der Waals surface area contributed by atoms with Crippen molar-refractivity contribution >= 4 is 34.8 Å². The van der Waals surface area contributed by atoms with Crippen molar-refractivity contribution in [3.63, 3.8) is 0 Å². The molecule has 2 aromatic heterocycles. The van der Waals surface area contributed by atoms with Crippen LogP contribution in [-0.2, 0) is 19.5 Å². The molecule has 1 aromatic carbocycles. The highest BCUT2D eigenvalue weighted by Crippen LogP contribution is 2.33. The monoisotopic (exact) mass is 465 g/mol. The second kappa shape index (κ2) is 8.53. The summed E-state index contributed by atoms with van der Waals surface area (Å²) in [6.45, 7) is 0.731. The van der Waals surface area contributed by atoms with E-state index < -0.39 is 17.5 Å². The molecule has 162 valence electrons. The van der Waals surface area contributed by atoms with Crippen LogP contribution in [-0.4, -0.2) is 46.2 Å². The Balaban J connectivity index is 1.68. The Morgan fingerprint density at radius 2 is 2.00 bits per heavy atom. The third-order valence-corrected chi connectivity index (χ3v) is 5.71. The van der Waals surface area contributed by atoms with E-state index in [4.69, 9.17) is 23.2 Å². The zero-order valence-corrected chi connectivity index (χ0v) is 18.4. The van der Waals surface area contributed by atoms with Crippen LogP contribution in [0.25, 0.3) is 0 Å². The Hall–Kier alpha value is -2.55. The first-order valence-corrected chi connectivity index (χ1v) is 10.3. The van der Waals surface area contributed by atoms with Crippen molar-refractivity contribution in [2.45, 2.75) is 19.5 Å². The fourth-order valence-electron chi connectivity index (χ4n) is 3.62. The third kappa shape index (κ3) is 4.15. The van der Waals surface area contributed by atoms with E-state index in [0.29, 0.717) is 18.5 Å². The largest absolute Gasteiger partial charge is 0.305 e. The highest BCUT2D eigenvalue weighted by atomic mass is 35.5. The van der Waals surface area contributed by atoms with Gasteiger partial charge >= 0.3 is 0 Å². The van der Waals surface area contributed by atoms with Gasteiger partial charge in [-0.1, -0.05) is 23.2 Å². The molecule has 1 aliphatic rings. The van der Waals surface area contributed by atoms with Gasteiger partial charge in [-0.3, -0.25) is 9.78 Å². The zero-order valence-electron chi connectivity index (χ0n) is 16.9. The molecule has 0 saturated heterocycles. The quantitative estimate of drug-likeness (QED) is 0.567. The lowest BCUT2D eigenvalue weighted by Crippen LogP contribution is -2.38. The molecular formula is C21H19Cl2F2N5O. The van der Waals surface area contributed by atoms with E-state index in [2.05, 4.69) is 10.1 Å². The lowest BCUT2D eigenvalue weighted by Gasteiger charge is -2.27. The van der Waals surface area contributed by atoms with Crippen molar-refractivity contribution in [2.75, 3.05) is 25.5 Å². The van der Waals surface area contributed by atoms with Crippen molar-refractivity contribution in [1.82, 2.24) is 19.7 Å². The third-order valence-electron chi connectivity index (χ3n) is 5.01. The summed E-state index contributed by atoms with van der Waals surface area (Å²) in [6, 6.07) is 5.94. The average molecular weight is 466 g/mol. The van der Waals surface area contributed by atoms with Crippen molar-refractivity contribution in [3.8, 4) is 0 Å². The number of amides is 1. The summed E-state index contributed by atoms with van der Waals surface area (Å²) in [6.07, 6.45) is 1.84. The molecule has 0 unspecified atom stereocenters. The minimum Gasteiger partial charge on any atom is -0.305 e. The van der Waals surface area contributed by atoms with Crippen LogP contribution in [0.5, 0.6) is 0 Å². The van der Waals surface area contributed by atoms with E-state index >= 15 is 0 Å². The summed E-state index contributed by atoms with van der Waals surface area (Å²) in [5, 5.41) is 4.48. The number of hydrogen-bond donors (Lipinski definition) is 0. The van der Waals surface area contributed by atoms with Gasteiger partial charge in [0.1, 0.15) is 11.0 Å². The van der Waals surface area contributed by atoms with Gasteiger partial charge in [0.2, 0.25) is 0 Å². The number of rotatable bonds is 5. The number of nitrogens with zero attached hydrogens (tertiary/aromatic N) is 5. The summed E-state index contributed by atoms with van der Waals surface area (Å²) in [4.78, 5) is 20.4. The first-order valence-electron chi connectivity index (χ1n) is 9.55. The smallest absolute Gasteiger partial charge is 0.279 e. The van der Waals surface area contributed by atoms with Crippen LogP contribution in [0, 0.1) is 11.6 Å². The minimum atomic E-state index is -0.665.